The van der Waals surface area contributed by atoms with E-state index in [0.29, 0.717) is 6.07 Å². The summed E-state index contributed by atoms with van der Waals surface area (Å²) in [7, 11) is 0. The number of hydrogen-bond donors (Lipinski definition) is 0. The Morgan fingerprint density at radius 1 is 1.38 bits per heavy atom. The van der Waals surface area contributed by atoms with Gasteiger partial charge >= 0.3 is 6.18 Å². The summed E-state index contributed by atoms with van der Waals surface area (Å²) in [5.74, 6) is -1.37. The van der Waals surface area contributed by atoms with E-state index in [1.54, 1.807) is 0 Å². The molecule has 1 aromatic rings. The van der Waals surface area contributed by atoms with Crippen LogP contribution in [0.4, 0.5) is 17.6 Å². The van der Waals surface area contributed by atoms with Gasteiger partial charge in [-0.3, -0.25) is 0 Å². The van der Waals surface area contributed by atoms with Crippen molar-refractivity contribution in [2.24, 2.45) is 5.11 Å². The Morgan fingerprint density at radius 2 is 2.00 bits per heavy atom. The Bertz CT molecular complexity index is 435. The molecule has 16 heavy (non-hydrogen) atoms. The molecule has 0 amide bonds. The highest BCUT2D eigenvalue weighted by Crippen LogP contribution is 2.32. The van der Waals surface area contributed by atoms with Gasteiger partial charge in [0.1, 0.15) is 5.82 Å². The molecule has 86 valence electrons. The first-order valence-electron chi connectivity index (χ1n) is 4.27. The number of rotatable bonds is 2. The maximum absolute atomic E-state index is 13.1. The van der Waals surface area contributed by atoms with Gasteiger partial charge in [-0.1, -0.05) is 18.1 Å². The van der Waals surface area contributed by atoms with Gasteiger partial charge in [-0.25, -0.2) is 4.39 Å². The number of nitrogens with zero attached hydrogens (tertiary/aromatic N) is 3. The van der Waals surface area contributed by atoms with Crippen molar-refractivity contribution in [2.45, 2.75) is 19.1 Å². The first-order chi connectivity index (χ1) is 7.36. The highest BCUT2D eigenvalue weighted by atomic mass is 19.4. The molecule has 0 aliphatic heterocycles. The monoisotopic (exact) mass is 233 g/mol. The van der Waals surface area contributed by atoms with Crippen LogP contribution >= 0.6 is 0 Å². The molecule has 0 saturated heterocycles. The van der Waals surface area contributed by atoms with Crippen LogP contribution in [0.25, 0.3) is 10.4 Å². The van der Waals surface area contributed by atoms with Gasteiger partial charge in [0.05, 0.1) is 11.6 Å². The summed E-state index contributed by atoms with van der Waals surface area (Å²) in [5.41, 5.74) is 7.00. The van der Waals surface area contributed by atoms with Crippen LogP contribution in [-0.2, 0) is 6.18 Å². The number of alkyl halides is 3. The van der Waals surface area contributed by atoms with E-state index in [2.05, 4.69) is 10.0 Å². The standard InChI is InChI=1S/C9H7F4N3/c1-5(15-16-14)6-2-3-7(8(10)4-6)9(11,12)13/h2-5H,1H3. The molecule has 0 fully saturated rings. The second-order valence-electron chi connectivity index (χ2n) is 3.12. The van der Waals surface area contributed by atoms with Crippen LogP contribution in [0, 0.1) is 5.82 Å². The minimum Gasteiger partial charge on any atom is -0.206 e. The zero-order valence-electron chi connectivity index (χ0n) is 8.16. The summed E-state index contributed by atoms with van der Waals surface area (Å²) in [4.78, 5) is 2.49. The molecule has 0 bridgehead atoms. The summed E-state index contributed by atoms with van der Waals surface area (Å²) in [5, 5.41) is 3.26. The third kappa shape index (κ3) is 2.64. The molecule has 0 N–H and O–H groups in total. The first kappa shape index (κ1) is 12.3. The summed E-state index contributed by atoms with van der Waals surface area (Å²) >= 11 is 0. The molecule has 7 heteroatoms. The Labute approximate surface area is 88.3 Å². The minimum absolute atomic E-state index is 0.198. The zero-order chi connectivity index (χ0) is 12.3. The van der Waals surface area contributed by atoms with Crippen molar-refractivity contribution in [1.29, 1.82) is 0 Å². The van der Waals surface area contributed by atoms with Gasteiger partial charge in [0, 0.05) is 4.91 Å². The Hall–Kier alpha value is -1.75. The lowest BCUT2D eigenvalue weighted by molar-refractivity contribution is -0.140. The lowest BCUT2D eigenvalue weighted by Crippen LogP contribution is -2.08. The van der Waals surface area contributed by atoms with Crippen molar-refractivity contribution in [3.63, 3.8) is 0 Å². The van der Waals surface area contributed by atoms with Gasteiger partial charge in [-0.2, -0.15) is 13.2 Å². The van der Waals surface area contributed by atoms with E-state index >= 15 is 0 Å². The maximum atomic E-state index is 13.1. The first-order valence-corrected chi connectivity index (χ1v) is 4.27. The molecule has 0 radical (unpaired) electrons. The van der Waals surface area contributed by atoms with E-state index in [-0.39, 0.29) is 5.56 Å². The molecule has 3 nitrogen and oxygen atoms in total. The number of hydrogen-bond acceptors (Lipinski definition) is 1. The van der Waals surface area contributed by atoms with E-state index in [1.807, 2.05) is 0 Å². The number of benzene rings is 1. The Morgan fingerprint density at radius 3 is 2.44 bits per heavy atom. The van der Waals surface area contributed by atoms with E-state index < -0.39 is 23.6 Å². The average molecular weight is 233 g/mol. The molecular formula is C9H7F4N3. The second-order valence-corrected chi connectivity index (χ2v) is 3.12. The van der Waals surface area contributed by atoms with Gasteiger partial charge in [-0.15, -0.1) is 0 Å². The van der Waals surface area contributed by atoms with Crippen molar-refractivity contribution in [3.8, 4) is 0 Å². The van der Waals surface area contributed by atoms with Crippen LogP contribution in [0.3, 0.4) is 0 Å². The topological polar surface area (TPSA) is 48.8 Å². The van der Waals surface area contributed by atoms with Gasteiger partial charge < -0.3 is 0 Å². The normalized spacial score (nSPS) is 13.1. The van der Waals surface area contributed by atoms with Crippen LogP contribution in [0.5, 0.6) is 0 Å². The van der Waals surface area contributed by atoms with E-state index in [0.717, 1.165) is 12.1 Å². The molecule has 0 heterocycles. The highest BCUT2D eigenvalue weighted by Gasteiger charge is 2.34. The molecule has 0 saturated carbocycles. The predicted molar refractivity (Wildman–Crippen MR) is 49.0 cm³/mol. The summed E-state index contributed by atoms with van der Waals surface area (Å²) in [6.07, 6.45) is -4.72. The van der Waals surface area contributed by atoms with Crippen LogP contribution < -0.4 is 0 Å². The summed E-state index contributed by atoms with van der Waals surface area (Å²) < 4.78 is 49.7. The zero-order valence-corrected chi connectivity index (χ0v) is 8.16. The Kier molecular flexibility index (Phi) is 3.39. The van der Waals surface area contributed by atoms with Crippen LogP contribution in [0.15, 0.2) is 23.3 Å². The molecule has 1 atom stereocenters. The smallest absolute Gasteiger partial charge is 0.206 e. The fourth-order valence-electron chi connectivity index (χ4n) is 1.17. The quantitative estimate of drug-likeness (QED) is 0.318. The SMILES string of the molecule is CC(N=[N+]=[N-])c1ccc(C(F)(F)F)c(F)c1. The van der Waals surface area contributed by atoms with Gasteiger partial charge in [0.25, 0.3) is 0 Å². The molecule has 0 aliphatic rings. The molecule has 0 aromatic heterocycles. The largest absolute Gasteiger partial charge is 0.419 e. The van der Waals surface area contributed by atoms with Gasteiger partial charge in [0.15, 0.2) is 0 Å². The molecule has 1 rings (SSSR count). The van der Waals surface area contributed by atoms with Crippen molar-refractivity contribution in [3.05, 3.63) is 45.6 Å². The van der Waals surface area contributed by atoms with Crippen molar-refractivity contribution < 1.29 is 17.6 Å². The van der Waals surface area contributed by atoms with Crippen LogP contribution in [0.1, 0.15) is 24.1 Å². The lowest BCUT2D eigenvalue weighted by atomic mass is 10.1. The average Bonchev–Trinajstić information content (AvgIpc) is 2.16. The molecule has 0 spiro atoms. The Balaban J connectivity index is 3.14. The van der Waals surface area contributed by atoms with Gasteiger partial charge in [-0.05, 0) is 23.2 Å². The lowest BCUT2D eigenvalue weighted by Gasteiger charge is -2.10. The fraction of sp³-hybridized carbons (Fsp3) is 0.333. The maximum Gasteiger partial charge on any atom is 0.419 e. The van der Waals surface area contributed by atoms with Crippen LogP contribution in [-0.4, -0.2) is 0 Å². The molecule has 1 unspecified atom stereocenters. The summed E-state index contributed by atoms with van der Waals surface area (Å²) in [6.45, 7) is 1.46. The molecule has 0 aliphatic carbocycles. The minimum atomic E-state index is -4.72. The second kappa shape index (κ2) is 4.40. The molecule has 1 aromatic carbocycles. The third-order valence-corrected chi connectivity index (χ3v) is 2.01. The predicted octanol–water partition coefficient (Wildman–Crippen LogP) is 4.22. The number of halogens is 4. The third-order valence-electron chi connectivity index (χ3n) is 2.01. The van der Waals surface area contributed by atoms with Crippen molar-refractivity contribution in [1.82, 2.24) is 0 Å². The molecular weight excluding hydrogens is 226 g/mol. The van der Waals surface area contributed by atoms with E-state index in [9.17, 15) is 17.6 Å². The summed E-state index contributed by atoms with van der Waals surface area (Å²) in [6, 6.07) is 1.74. The van der Waals surface area contributed by atoms with Crippen LogP contribution in [0.2, 0.25) is 0 Å². The van der Waals surface area contributed by atoms with E-state index in [1.165, 1.54) is 6.92 Å². The van der Waals surface area contributed by atoms with Gasteiger partial charge in [0.2, 0.25) is 0 Å². The highest BCUT2D eigenvalue weighted by molar-refractivity contribution is 5.28. The van der Waals surface area contributed by atoms with Crippen molar-refractivity contribution >= 4 is 0 Å². The van der Waals surface area contributed by atoms with Crippen molar-refractivity contribution in [2.75, 3.05) is 0 Å². The fourth-order valence-corrected chi connectivity index (χ4v) is 1.17. The number of azide groups is 1. The van der Waals surface area contributed by atoms with E-state index in [4.69, 9.17) is 5.53 Å².